The molecule has 0 N–H and O–H groups in total. The van der Waals surface area contributed by atoms with Gasteiger partial charge in [0.1, 0.15) is 0 Å². The van der Waals surface area contributed by atoms with Crippen molar-refractivity contribution < 1.29 is 26.6 Å². The fourth-order valence-electron chi connectivity index (χ4n) is 2.96. The highest BCUT2D eigenvalue weighted by Gasteiger charge is 2.36. The topological polar surface area (TPSA) is 84.9 Å². The summed E-state index contributed by atoms with van der Waals surface area (Å²) < 4.78 is 47.0. The zero-order chi connectivity index (χ0) is 19.3. The quantitative estimate of drug-likeness (QED) is 0.213. The van der Waals surface area contributed by atoms with Gasteiger partial charge < -0.3 is 14.0 Å². The lowest BCUT2D eigenvalue weighted by molar-refractivity contribution is -0.159. The summed E-state index contributed by atoms with van der Waals surface area (Å²) in [5.74, 6) is 1.13. The summed E-state index contributed by atoms with van der Waals surface area (Å²) in [6.45, 7) is 4.27. The van der Waals surface area contributed by atoms with Gasteiger partial charge in [0, 0.05) is 12.2 Å². The Kier molecular flexibility index (Phi) is 12.4. The van der Waals surface area contributed by atoms with Crippen molar-refractivity contribution in [2.24, 2.45) is 0 Å². The molecule has 2 atom stereocenters. The molecule has 0 bridgehead atoms. The maximum atomic E-state index is 10.4. The maximum absolute atomic E-state index is 10.4. The summed E-state index contributed by atoms with van der Waals surface area (Å²) >= 11 is 1.87. The molecule has 0 spiro atoms. The molecule has 1 saturated heterocycles. The lowest BCUT2D eigenvalue weighted by atomic mass is 10.1. The van der Waals surface area contributed by atoms with E-state index in [1.54, 1.807) is 6.92 Å². The SMILES string of the molecule is CCCCCCCCCCCSCC1COC(C)(CCOS(=O)(=O)[O-])O1. The number of hydrogen-bond donors (Lipinski definition) is 0. The molecule has 1 heterocycles. The summed E-state index contributed by atoms with van der Waals surface area (Å²) in [5.41, 5.74) is 0. The minimum absolute atomic E-state index is 0.00687. The van der Waals surface area contributed by atoms with Gasteiger partial charge in [0.2, 0.25) is 10.4 Å². The number of unbranched alkanes of at least 4 members (excludes halogenated alkanes) is 8. The van der Waals surface area contributed by atoms with Crippen LogP contribution >= 0.6 is 11.8 Å². The molecular formula is C18H35O6S2-. The van der Waals surface area contributed by atoms with Crippen molar-refractivity contribution in [3.05, 3.63) is 0 Å². The molecule has 0 aliphatic carbocycles. The Bertz CT molecular complexity index is 457. The Morgan fingerprint density at radius 1 is 1.12 bits per heavy atom. The van der Waals surface area contributed by atoms with Crippen LogP contribution in [0.2, 0.25) is 0 Å². The zero-order valence-electron chi connectivity index (χ0n) is 16.2. The van der Waals surface area contributed by atoms with Crippen LogP contribution in [0.5, 0.6) is 0 Å². The zero-order valence-corrected chi connectivity index (χ0v) is 17.9. The van der Waals surface area contributed by atoms with E-state index >= 15 is 0 Å². The van der Waals surface area contributed by atoms with E-state index in [1.807, 2.05) is 11.8 Å². The van der Waals surface area contributed by atoms with Crippen molar-refractivity contribution in [3.63, 3.8) is 0 Å². The van der Waals surface area contributed by atoms with Gasteiger partial charge in [-0.05, 0) is 19.1 Å². The standard InChI is InChI=1S/C18H36O6S2/c1-3-4-5-6-7-8-9-10-11-14-25-16-17-15-22-18(2,24-17)12-13-23-26(19,20)21/h17H,3-16H2,1-2H3,(H,19,20,21)/p-1. The van der Waals surface area contributed by atoms with Crippen molar-refractivity contribution >= 4 is 22.2 Å². The van der Waals surface area contributed by atoms with Gasteiger partial charge in [-0.15, -0.1) is 0 Å². The van der Waals surface area contributed by atoms with Crippen molar-refractivity contribution in [1.82, 2.24) is 0 Å². The Labute approximate surface area is 163 Å². The van der Waals surface area contributed by atoms with Crippen LogP contribution < -0.4 is 0 Å². The van der Waals surface area contributed by atoms with Crippen molar-refractivity contribution in [3.8, 4) is 0 Å². The average molecular weight is 412 g/mol. The van der Waals surface area contributed by atoms with E-state index < -0.39 is 16.2 Å². The largest absolute Gasteiger partial charge is 0.726 e. The molecule has 0 aromatic rings. The van der Waals surface area contributed by atoms with E-state index in [9.17, 15) is 13.0 Å². The first-order valence-corrected chi connectivity index (χ1v) is 12.3. The molecule has 8 heteroatoms. The molecule has 0 amide bonds. The predicted molar refractivity (Wildman–Crippen MR) is 104 cm³/mol. The van der Waals surface area contributed by atoms with Crippen LogP contribution in [-0.2, 0) is 24.1 Å². The molecule has 2 unspecified atom stereocenters. The summed E-state index contributed by atoms with van der Waals surface area (Å²) in [6, 6.07) is 0. The highest BCUT2D eigenvalue weighted by molar-refractivity contribution is 7.99. The van der Waals surface area contributed by atoms with Crippen molar-refractivity contribution in [2.75, 3.05) is 24.7 Å². The molecule has 0 aromatic heterocycles. The number of thioether (sulfide) groups is 1. The van der Waals surface area contributed by atoms with E-state index in [0.29, 0.717) is 6.61 Å². The number of rotatable bonds is 16. The Hall–Kier alpha value is 0.140. The molecule has 0 radical (unpaired) electrons. The molecule has 1 aliphatic rings. The van der Waals surface area contributed by atoms with Gasteiger partial charge in [-0.3, -0.25) is 4.18 Å². The van der Waals surface area contributed by atoms with Crippen LogP contribution in [0, 0.1) is 0 Å². The van der Waals surface area contributed by atoms with E-state index in [1.165, 1.54) is 57.8 Å². The first-order chi connectivity index (χ1) is 12.3. The molecule has 1 aliphatic heterocycles. The third-order valence-electron chi connectivity index (χ3n) is 4.47. The van der Waals surface area contributed by atoms with Crippen molar-refractivity contribution in [1.29, 1.82) is 0 Å². The maximum Gasteiger partial charge on any atom is 0.217 e. The fraction of sp³-hybridized carbons (Fsp3) is 1.00. The summed E-state index contributed by atoms with van der Waals surface area (Å²) in [5, 5.41) is 0. The molecule has 1 fully saturated rings. The highest BCUT2D eigenvalue weighted by Crippen LogP contribution is 2.28. The molecule has 156 valence electrons. The Morgan fingerprint density at radius 3 is 2.35 bits per heavy atom. The summed E-state index contributed by atoms with van der Waals surface area (Å²) in [4.78, 5) is 0. The summed E-state index contributed by atoms with van der Waals surface area (Å²) in [7, 11) is -4.65. The van der Waals surface area contributed by atoms with E-state index in [-0.39, 0.29) is 19.1 Å². The molecule has 1 rings (SSSR count). The van der Waals surface area contributed by atoms with Gasteiger partial charge in [0.05, 0.1) is 19.3 Å². The summed E-state index contributed by atoms with van der Waals surface area (Å²) in [6.07, 6.45) is 12.2. The number of hydrogen-bond acceptors (Lipinski definition) is 7. The second-order valence-electron chi connectivity index (χ2n) is 7.07. The first kappa shape index (κ1) is 24.2. The highest BCUT2D eigenvalue weighted by atomic mass is 32.3. The predicted octanol–water partition coefficient (Wildman–Crippen LogP) is 4.25. The van der Waals surface area contributed by atoms with Gasteiger partial charge >= 0.3 is 0 Å². The van der Waals surface area contributed by atoms with Crippen LogP contribution in [-0.4, -0.2) is 49.6 Å². The van der Waals surface area contributed by atoms with E-state index in [0.717, 1.165) is 11.5 Å². The van der Waals surface area contributed by atoms with Gasteiger partial charge in [-0.25, -0.2) is 8.42 Å². The van der Waals surface area contributed by atoms with Crippen LogP contribution in [0.15, 0.2) is 0 Å². The average Bonchev–Trinajstić information content (AvgIpc) is 2.93. The lowest BCUT2D eigenvalue weighted by Gasteiger charge is -2.23. The Balaban J connectivity index is 1.95. The van der Waals surface area contributed by atoms with Crippen LogP contribution in [0.25, 0.3) is 0 Å². The van der Waals surface area contributed by atoms with Gasteiger partial charge in [-0.1, -0.05) is 58.3 Å². The molecule has 0 aromatic carbocycles. The van der Waals surface area contributed by atoms with Gasteiger partial charge in [-0.2, -0.15) is 11.8 Å². The van der Waals surface area contributed by atoms with Crippen molar-refractivity contribution in [2.45, 2.75) is 89.9 Å². The molecule has 6 nitrogen and oxygen atoms in total. The van der Waals surface area contributed by atoms with Crippen LogP contribution in [0.3, 0.4) is 0 Å². The molecule has 26 heavy (non-hydrogen) atoms. The molecular weight excluding hydrogens is 376 g/mol. The first-order valence-electron chi connectivity index (χ1n) is 9.84. The normalized spacial score (nSPS) is 23.6. The molecule has 0 saturated carbocycles. The van der Waals surface area contributed by atoms with Crippen LogP contribution in [0.1, 0.15) is 78.1 Å². The fourth-order valence-corrected chi connectivity index (χ4v) is 4.25. The smallest absolute Gasteiger partial charge is 0.217 e. The third-order valence-corrected chi connectivity index (χ3v) is 6.11. The van der Waals surface area contributed by atoms with Gasteiger partial charge in [0.25, 0.3) is 0 Å². The minimum Gasteiger partial charge on any atom is -0.726 e. The Morgan fingerprint density at radius 2 is 1.73 bits per heavy atom. The van der Waals surface area contributed by atoms with E-state index in [2.05, 4.69) is 11.1 Å². The minimum atomic E-state index is -4.65. The lowest BCUT2D eigenvalue weighted by Crippen LogP contribution is -2.29. The second kappa shape index (κ2) is 13.3. The van der Waals surface area contributed by atoms with Crippen LogP contribution in [0.4, 0.5) is 0 Å². The van der Waals surface area contributed by atoms with Gasteiger partial charge in [0.15, 0.2) is 5.79 Å². The second-order valence-corrected chi connectivity index (χ2v) is 9.27. The van der Waals surface area contributed by atoms with E-state index in [4.69, 9.17) is 9.47 Å². The third kappa shape index (κ3) is 12.5. The monoisotopic (exact) mass is 411 g/mol. The number of ether oxygens (including phenoxy) is 2.